The molecular weight excluding hydrogens is 755 g/mol. The number of benzene rings is 7. The average Bonchev–Trinajstić information content (AvgIpc) is 3.85. The van der Waals surface area contributed by atoms with Crippen molar-refractivity contribution in [2.75, 3.05) is 0 Å². The summed E-state index contributed by atoms with van der Waals surface area (Å²) in [6.07, 6.45) is 15.3. The van der Waals surface area contributed by atoms with Crippen molar-refractivity contribution in [1.29, 1.82) is 0 Å². The molecule has 7 aromatic carbocycles. The van der Waals surface area contributed by atoms with Gasteiger partial charge in [0, 0.05) is 44.1 Å². The van der Waals surface area contributed by atoms with Gasteiger partial charge in [-0.1, -0.05) is 182 Å². The van der Waals surface area contributed by atoms with Crippen LogP contribution < -0.4 is 10.6 Å². The first-order valence-electron chi connectivity index (χ1n) is 21.9. The van der Waals surface area contributed by atoms with E-state index < -0.39 is 6.29 Å². The topological polar surface area (TPSA) is 46.3 Å². The molecule has 9 aromatic rings. The average molecular weight is 800 g/mol. The third-order valence-electron chi connectivity index (χ3n) is 12.9. The van der Waals surface area contributed by atoms with E-state index in [1.807, 2.05) is 0 Å². The number of allylic oxidation sites excluding steroid dienone is 5. The highest BCUT2D eigenvalue weighted by Gasteiger charge is 2.30. The summed E-state index contributed by atoms with van der Waals surface area (Å²) in [5.74, 6) is 0.858. The largest absolute Gasteiger partial charge is 0.350 e. The van der Waals surface area contributed by atoms with Gasteiger partial charge in [0.05, 0.1) is 22.2 Å². The number of rotatable bonds is 7. The maximum absolute atomic E-state index is 5.53. The number of amidine groups is 1. The van der Waals surface area contributed by atoms with Gasteiger partial charge >= 0.3 is 0 Å². The molecule has 3 aliphatic rings. The number of para-hydroxylation sites is 2. The van der Waals surface area contributed by atoms with E-state index in [-0.39, 0.29) is 6.17 Å². The third kappa shape index (κ3) is 6.16. The Morgan fingerprint density at radius 2 is 1.19 bits per heavy atom. The van der Waals surface area contributed by atoms with Gasteiger partial charge in [0.15, 0.2) is 6.29 Å². The van der Waals surface area contributed by atoms with E-state index in [1.165, 1.54) is 72.0 Å². The zero-order valence-electron chi connectivity index (χ0n) is 34.4. The van der Waals surface area contributed by atoms with Crippen LogP contribution in [0.3, 0.4) is 0 Å². The van der Waals surface area contributed by atoms with Crippen molar-refractivity contribution in [1.82, 2.24) is 19.8 Å². The van der Waals surface area contributed by atoms with Crippen molar-refractivity contribution >= 4 is 50.2 Å². The molecule has 2 atom stereocenters. The van der Waals surface area contributed by atoms with Crippen LogP contribution in [0.15, 0.2) is 199 Å². The van der Waals surface area contributed by atoms with Gasteiger partial charge in [-0.15, -0.1) is 0 Å². The van der Waals surface area contributed by atoms with Gasteiger partial charge in [-0.25, -0.2) is 4.99 Å². The molecule has 0 bridgehead atoms. The molecule has 1 aliphatic heterocycles. The fourth-order valence-electron chi connectivity index (χ4n) is 10.00. The van der Waals surface area contributed by atoms with Gasteiger partial charge < -0.3 is 14.5 Å². The van der Waals surface area contributed by atoms with Crippen molar-refractivity contribution in [3.63, 3.8) is 0 Å². The summed E-state index contributed by atoms with van der Waals surface area (Å²) in [5.41, 5.74) is 17.0. The summed E-state index contributed by atoms with van der Waals surface area (Å²) in [7, 11) is 0. The Balaban J connectivity index is 1.09. The standard InChI is InChI=1S/C57H45N5/c1-5-18-38(19-6-1)39-32-34-43(35-33-39)56-58-55(42-24-11-4-12-25-42)59-57(60-56)62-51-31-16-14-27-47(51)49-36-52-48(37-53(49)62)46-26-13-15-30-50(46)61(52)54-44(40-20-7-2-8-21-40)28-17-29-45(54)41-22-9-3-10-23-41/h1-2,4-9,11-14,16-29,31-37,55,57,59H,3,10,15,30H2,(H,58,60). The second-order valence-electron chi connectivity index (χ2n) is 16.6. The molecule has 5 heteroatoms. The molecule has 12 rings (SSSR count). The molecule has 2 unspecified atom stereocenters. The van der Waals surface area contributed by atoms with Crippen LogP contribution >= 0.6 is 0 Å². The maximum atomic E-state index is 5.53. The monoisotopic (exact) mass is 799 g/mol. The van der Waals surface area contributed by atoms with Gasteiger partial charge in [-0.05, 0) is 71.7 Å². The normalized spacial score (nSPS) is 17.2. The van der Waals surface area contributed by atoms with E-state index in [9.17, 15) is 0 Å². The predicted molar refractivity (Wildman–Crippen MR) is 258 cm³/mol. The van der Waals surface area contributed by atoms with Gasteiger partial charge in [0.1, 0.15) is 12.0 Å². The van der Waals surface area contributed by atoms with E-state index in [1.54, 1.807) is 0 Å². The Kier molecular flexibility index (Phi) is 8.93. The SMILES string of the molecule is C1=CC(c2cccc(-c3ccccc3)c2-n2c3c(c4cc5c(cc42)c2ccccc2n5C2N=C(c4ccc(-c5ccccc5)cc4)NC(c4ccccc4)N2)C=CCC3)=CCC1. The second kappa shape index (κ2) is 15.2. The summed E-state index contributed by atoms with van der Waals surface area (Å²) >= 11 is 0. The van der Waals surface area contributed by atoms with Crippen LogP contribution in [0.4, 0.5) is 0 Å². The lowest BCUT2D eigenvalue weighted by atomic mass is 9.92. The highest BCUT2D eigenvalue weighted by Crippen LogP contribution is 2.44. The Morgan fingerprint density at radius 3 is 1.98 bits per heavy atom. The molecule has 5 nitrogen and oxygen atoms in total. The van der Waals surface area contributed by atoms with Crippen LogP contribution in [-0.4, -0.2) is 15.0 Å². The van der Waals surface area contributed by atoms with Gasteiger partial charge in [-0.2, -0.15) is 0 Å². The number of nitrogens with zero attached hydrogens (tertiary/aromatic N) is 3. The van der Waals surface area contributed by atoms with Crippen molar-refractivity contribution < 1.29 is 0 Å². The molecule has 0 saturated heterocycles. The van der Waals surface area contributed by atoms with Gasteiger partial charge in [-0.3, -0.25) is 5.32 Å². The summed E-state index contributed by atoms with van der Waals surface area (Å²) in [5, 5.41) is 11.4. The molecule has 2 aliphatic carbocycles. The quantitative estimate of drug-likeness (QED) is 0.169. The maximum Gasteiger partial charge on any atom is 0.184 e. The smallest absolute Gasteiger partial charge is 0.184 e. The third-order valence-corrected chi connectivity index (χ3v) is 12.9. The molecule has 0 amide bonds. The van der Waals surface area contributed by atoms with E-state index in [2.05, 4.69) is 220 Å². The number of aromatic nitrogens is 2. The Labute approximate surface area is 361 Å². The second-order valence-corrected chi connectivity index (χ2v) is 16.6. The molecule has 3 heterocycles. The van der Waals surface area contributed by atoms with Crippen LogP contribution in [0.25, 0.3) is 72.3 Å². The molecular formula is C57H45N5. The highest BCUT2D eigenvalue weighted by atomic mass is 15.4. The van der Waals surface area contributed by atoms with Crippen LogP contribution in [0.2, 0.25) is 0 Å². The zero-order chi connectivity index (χ0) is 41.0. The van der Waals surface area contributed by atoms with E-state index in [0.717, 1.165) is 53.7 Å². The lowest BCUT2D eigenvalue weighted by Gasteiger charge is -2.33. The highest BCUT2D eigenvalue weighted by molar-refractivity contribution is 6.14. The van der Waals surface area contributed by atoms with Crippen LogP contribution in [-0.2, 0) is 6.42 Å². The molecule has 0 spiro atoms. The lowest BCUT2D eigenvalue weighted by molar-refractivity contribution is 0.341. The van der Waals surface area contributed by atoms with Gasteiger partial charge in [0.25, 0.3) is 0 Å². The molecule has 0 fully saturated rings. The number of aliphatic imine (C=N–C) groups is 1. The fourth-order valence-corrected chi connectivity index (χ4v) is 10.00. The molecule has 62 heavy (non-hydrogen) atoms. The van der Waals surface area contributed by atoms with Crippen molar-refractivity contribution in [3.05, 3.63) is 222 Å². The predicted octanol–water partition coefficient (Wildman–Crippen LogP) is 13.6. The summed E-state index contributed by atoms with van der Waals surface area (Å²) < 4.78 is 5.04. The zero-order valence-corrected chi connectivity index (χ0v) is 34.4. The number of hydrogen-bond donors (Lipinski definition) is 2. The van der Waals surface area contributed by atoms with Crippen molar-refractivity contribution in [3.8, 4) is 27.9 Å². The first-order valence-corrected chi connectivity index (χ1v) is 21.9. The molecule has 2 N–H and O–H groups in total. The van der Waals surface area contributed by atoms with Gasteiger partial charge in [0.2, 0.25) is 0 Å². The summed E-state index contributed by atoms with van der Waals surface area (Å²) in [6, 6.07) is 61.5. The Hall–Kier alpha value is -7.47. The number of hydrogen-bond acceptors (Lipinski definition) is 3. The van der Waals surface area contributed by atoms with Crippen molar-refractivity contribution in [2.24, 2.45) is 4.99 Å². The lowest BCUT2D eigenvalue weighted by Crippen LogP contribution is -2.46. The van der Waals surface area contributed by atoms with Crippen LogP contribution in [0, 0.1) is 0 Å². The van der Waals surface area contributed by atoms with E-state index >= 15 is 0 Å². The van der Waals surface area contributed by atoms with Crippen molar-refractivity contribution in [2.45, 2.75) is 38.1 Å². The fraction of sp³-hybridized carbons (Fsp3) is 0.105. The minimum absolute atomic E-state index is 0.171. The first kappa shape index (κ1) is 36.4. The summed E-state index contributed by atoms with van der Waals surface area (Å²) in [4.78, 5) is 5.53. The first-order chi connectivity index (χ1) is 30.8. The van der Waals surface area contributed by atoms with Crippen LogP contribution in [0.1, 0.15) is 59.7 Å². The minimum atomic E-state index is -0.394. The number of nitrogens with one attached hydrogen (secondary N) is 2. The van der Waals surface area contributed by atoms with E-state index in [4.69, 9.17) is 4.99 Å². The Bertz CT molecular complexity index is 3270. The number of fused-ring (bicyclic) bond motifs is 6. The molecule has 0 saturated carbocycles. The summed E-state index contributed by atoms with van der Waals surface area (Å²) in [6.45, 7) is 0. The molecule has 2 aromatic heterocycles. The molecule has 298 valence electrons. The van der Waals surface area contributed by atoms with E-state index in [0.29, 0.717) is 0 Å². The van der Waals surface area contributed by atoms with Crippen LogP contribution in [0.5, 0.6) is 0 Å². The Morgan fingerprint density at radius 1 is 0.516 bits per heavy atom. The molecule has 0 radical (unpaired) electrons. The minimum Gasteiger partial charge on any atom is -0.350 e.